The van der Waals surface area contributed by atoms with Gasteiger partial charge in [-0.3, -0.25) is 4.99 Å². The van der Waals surface area contributed by atoms with Gasteiger partial charge < -0.3 is 24.6 Å². The van der Waals surface area contributed by atoms with E-state index in [1.54, 1.807) is 7.11 Å². The predicted molar refractivity (Wildman–Crippen MR) is 132 cm³/mol. The number of likely N-dealkylation sites (N-methyl/N-ethyl adjacent to an activating group) is 1. The van der Waals surface area contributed by atoms with Crippen LogP contribution in [0.15, 0.2) is 4.99 Å². The van der Waals surface area contributed by atoms with E-state index in [-0.39, 0.29) is 24.0 Å². The number of nitrogens with zero attached hydrogens (tertiary/aromatic N) is 3. The van der Waals surface area contributed by atoms with E-state index in [4.69, 9.17) is 14.5 Å². The molecule has 0 radical (unpaired) electrons. The van der Waals surface area contributed by atoms with Gasteiger partial charge >= 0.3 is 0 Å². The van der Waals surface area contributed by atoms with Gasteiger partial charge in [-0.2, -0.15) is 0 Å². The number of halogens is 1. The van der Waals surface area contributed by atoms with Gasteiger partial charge in [0.15, 0.2) is 5.96 Å². The summed E-state index contributed by atoms with van der Waals surface area (Å²) in [5.41, 5.74) is 0. The first kappa shape index (κ1) is 26.9. The zero-order valence-corrected chi connectivity index (χ0v) is 21.5. The van der Waals surface area contributed by atoms with Gasteiger partial charge in [-0.05, 0) is 59.0 Å². The topological polar surface area (TPSA) is 49.3 Å². The van der Waals surface area contributed by atoms with Crippen LogP contribution < -0.4 is 5.32 Å². The molecule has 2 aliphatic rings. The quantitative estimate of drug-likeness (QED) is 0.205. The van der Waals surface area contributed by atoms with Crippen molar-refractivity contribution in [3.63, 3.8) is 0 Å². The Bertz CT molecular complexity index is 437. The van der Waals surface area contributed by atoms with Crippen LogP contribution in [0, 0.1) is 5.92 Å². The summed E-state index contributed by atoms with van der Waals surface area (Å²) in [5, 5.41) is 3.52. The van der Waals surface area contributed by atoms with E-state index in [0.717, 1.165) is 70.5 Å². The normalized spacial score (nSPS) is 20.6. The summed E-state index contributed by atoms with van der Waals surface area (Å²) in [6.07, 6.45) is 10.4. The second kappa shape index (κ2) is 15.6. The zero-order chi connectivity index (χ0) is 20.2. The monoisotopic (exact) mass is 524 g/mol. The molecule has 2 fully saturated rings. The molecule has 2 rings (SSSR count). The molecule has 0 aromatic heterocycles. The van der Waals surface area contributed by atoms with Crippen LogP contribution in [0.2, 0.25) is 0 Å². The minimum atomic E-state index is 0. The Morgan fingerprint density at radius 2 is 1.79 bits per heavy atom. The predicted octanol–water partition coefficient (Wildman–Crippen LogP) is 3.60. The SMILES string of the molecule is CCNC(=NCC(C1CCCCC1)N(C)C)N1CCC(OCCCOC)CC1.I. The van der Waals surface area contributed by atoms with Crippen molar-refractivity contribution in [2.45, 2.75) is 70.4 Å². The number of rotatable bonds is 10. The highest BCUT2D eigenvalue weighted by molar-refractivity contribution is 14.0. The van der Waals surface area contributed by atoms with Crippen molar-refractivity contribution in [2.75, 3.05) is 60.6 Å². The van der Waals surface area contributed by atoms with E-state index in [9.17, 15) is 0 Å². The Kier molecular flexibility index (Phi) is 14.5. The maximum Gasteiger partial charge on any atom is 0.193 e. The molecule has 1 unspecified atom stereocenters. The van der Waals surface area contributed by atoms with Gasteiger partial charge in [0.1, 0.15) is 0 Å². The lowest BCUT2D eigenvalue weighted by Crippen LogP contribution is -2.48. The van der Waals surface area contributed by atoms with Crippen LogP contribution in [0.4, 0.5) is 0 Å². The molecule has 1 heterocycles. The van der Waals surface area contributed by atoms with Gasteiger partial charge in [0.2, 0.25) is 0 Å². The average molecular weight is 525 g/mol. The molecule has 1 saturated carbocycles. The van der Waals surface area contributed by atoms with Crippen molar-refractivity contribution < 1.29 is 9.47 Å². The lowest BCUT2D eigenvalue weighted by molar-refractivity contribution is 0.00988. The molecule has 1 atom stereocenters. The molecule has 0 aromatic rings. The number of methoxy groups -OCH3 is 1. The molecule has 0 spiro atoms. The van der Waals surface area contributed by atoms with Crippen molar-refractivity contribution in [3.8, 4) is 0 Å². The lowest BCUT2D eigenvalue weighted by Gasteiger charge is -2.36. The highest BCUT2D eigenvalue weighted by atomic mass is 127. The summed E-state index contributed by atoms with van der Waals surface area (Å²) in [7, 11) is 6.18. The average Bonchev–Trinajstić information content (AvgIpc) is 2.72. The molecule has 1 aliphatic carbocycles. The largest absolute Gasteiger partial charge is 0.385 e. The molecule has 1 aliphatic heterocycles. The highest BCUT2D eigenvalue weighted by Gasteiger charge is 2.26. The van der Waals surface area contributed by atoms with Gasteiger partial charge in [0, 0.05) is 46.0 Å². The fourth-order valence-electron chi connectivity index (χ4n) is 4.55. The van der Waals surface area contributed by atoms with Gasteiger partial charge in [-0.1, -0.05) is 19.3 Å². The number of piperidine rings is 1. The summed E-state index contributed by atoms with van der Waals surface area (Å²) in [5.74, 6) is 1.88. The summed E-state index contributed by atoms with van der Waals surface area (Å²) in [4.78, 5) is 9.89. The number of nitrogens with one attached hydrogen (secondary N) is 1. The first-order chi connectivity index (χ1) is 13.7. The van der Waals surface area contributed by atoms with E-state index in [1.165, 1.54) is 32.1 Å². The van der Waals surface area contributed by atoms with Gasteiger partial charge in [0.05, 0.1) is 12.6 Å². The maximum atomic E-state index is 6.01. The number of guanidine groups is 1. The number of aliphatic imine (C=N–C) groups is 1. The van der Waals surface area contributed by atoms with E-state index in [0.29, 0.717) is 12.1 Å². The number of ether oxygens (including phenoxy) is 2. The van der Waals surface area contributed by atoms with E-state index < -0.39 is 0 Å². The molecule has 1 saturated heterocycles. The lowest BCUT2D eigenvalue weighted by atomic mass is 9.83. The summed E-state index contributed by atoms with van der Waals surface area (Å²) in [6, 6.07) is 0.551. The van der Waals surface area contributed by atoms with E-state index in [1.807, 2.05) is 0 Å². The number of hydrogen-bond donors (Lipinski definition) is 1. The van der Waals surface area contributed by atoms with Crippen LogP contribution in [-0.4, -0.2) is 88.5 Å². The molecule has 0 amide bonds. The number of hydrogen-bond acceptors (Lipinski definition) is 4. The Labute approximate surface area is 196 Å². The van der Waals surface area contributed by atoms with Crippen molar-refractivity contribution in [1.29, 1.82) is 0 Å². The second-order valence-electron chi connectivity index (χ2n) is 8.53. The summed E-state index contributed by atoms with van der Waals surface area (Å²) >= 11 is 0. The van der Waals surface area contributed by atoms with Crippen LogP contribution in [0.5, 0.6) is 0 Å². The fraction of sp³-hybridized carbons (Fsp3) is 0.955. The molecule has 7 heteroatoms. The molecule has 1 N–H and O–H groups in total. The van der Waals surface area contributed by atoms with Crippen LogP contribution in [0.1, 0.15) is 58.3 Å². The Balaban J connectivity index is 0.00000420. The molecule has 0 bridgehead atoms. The van der Waals surface area contributed by atoms with Gasteiger partial charge in [-0.15, -0.1) is 24.0 Å². The number of likely N-dealkylation sites (tertiary alicyclic amines) is 1. The van der Waals surface area contributed by atoms with Gasteiger partial charge in [0.25, 0.3) is 0 Å². The van der Waals surface area contributed by atoms with Crippen molar-refractivity contribution in [2.24, 2.45) is 10.9 Å². The molecule has 0 aromatic carbocycles. The van der Waals surface area contributed by atoms with Crippen molar-refractivity contribution >= 4 is 29.9 Å². The first-order valence-corrected chi connectivity index (χ1v) is 11.5. The van der Waals surface area contributed by atoms with Gasteiger partial charge in [-0.25, -0.2) is 0 Å². The van der Waals surface area contributed by atoms with Crippen molar-refractivity contribution in [1.82, 2.24) is 15.1 Å². The third-order valence-corrected chi connectivity index (χ3v) is 6.21. The molecule has 172 valence electrons. The highest BCUT2D eigenvalue weighted by Crippen LogP contribution is 2.28. The first-order valence-electron chi connectivity index (χ1n) is 11.5. The molecule has 6 nitrogen and oxygen atoms in total. The Morgan fingerprint density at radius 1 is 1.10 bits per heavy atom. The molecule has 29 heavy (non-hydrogen) atoms. The standard InChI is InChI=1S/C22H44N4O2.HI/c1-5-23-22(24-18-21(25(2)3)19-10-7-6-8-11-19)26-14-12-20(13-15-26)28-17-9-16-27-4;/h19-21H,5-18H2,1-4H3,(H,23,24);1H. The van der Waals surface area contributed by atoms with Crippen LogP contribution in [-0.2, 0) is 9.47 Å². The third kappa shape index (κ3) is 9.70. The van der Waals surface area contributed by atoms with E-state index in [2.05, 4.69) is 36.1 Å². The summed E-state index contributed by atoms with van der Waals surface area (Å²) in [6.45, 7) is 7.61. The third-order valence-electron chi connectivity index (χ3n) is 6.21. The van der Waals surface area contributed by atoms with Crippen LogP contribution >= 0.6 is 24.0 Å². The minimum Gasteiger partial charge on any atom is -0.385 e. The fourth-order valence-corrected chi connectivity index (χ4v) is 4.55. The smallest absolute Gasteiger partial charge is 0.193 e. The Morgan fingerprint density at radius 3 is 2.38 bits per heavy atom. The second-order valence-corrected chi connectivity index (χ2v) is 8.53. The zero-order valence-electron chi connectivity index (χ0n) is 19.2. The van der Waals surface area contributed by atoms with Crippen LogP contribution in [0.25, 0.3) is 0 Å². The Hall–Kier alpha value is -0.120. The summed E-state index contributed by atoms with van der Waals surface area (Å²) < 4.78 is 11.1. The minimum absolute atomic E-state index is 0. The van der Waals surface area contributed by atoms with E-state index >= 15 is 0 Å². The molecular weight excluding hydrogens is 479 g/mol. The maximum absolute atomic E-state index is 6.01. The van der Waals surface area contributed by atoms with Crippen LogP contribution in [0.3, 0.4) is 0 Å². The molecular formula is C22H45IN4O2. The van der Waals surface area contributed by atoms with Crippen molar-refractivity contribution in [3.05, 3.63) is 0 Å².